The van der Waals surface area contributed by atoms with Crippen molar-refractivity contribution in [2.45, 2.75) is 19.9 Å². The topological polar surface area (TPSA) is 55.6 Å². The van der Waals surface area contributed by atoms with E-state index in [1.165, 1.54) is 5.56 Å². The molecule has 1 aromatic carbocycles. The van der Waals surface area contributed by atoms with Crippen LogP contribution in [0.1, 0.15) is 18.2 Å². The number of nitrogens with one attached hydrogen (secondary N) is 1. The maximum absolute atomic E-state index is 4.45. The number of rotatable bonds is 4. The molecular formula is C15H17N5. The second-order valence-corrected chi connectivity index (χ2v) is 4.76. The van der Waals surface area contributed by atoms with E-state index < -0.39 is 0 Å². The fourth-order valence-corrected chi connectivity index (χ4v) is 2.37. The Morgan fingerprint density at radius 1 is 1.25 bits per heavy atom. The summed E-state index contributed by atoms with van der Waals surface area (Å²) in [6.07, 6.45) is 4.76. The van der Waals surface area contributed by atoms with Crippen molar-refractivity contribution in [3.8, 4) is 0 Å². The van der Waals surface area contributed by atoms with Crippen molar-refractivity contribution in [1.29, 1.82) is 0 Å². The molecule has 0 saturated heterocycles. The molecule has 1 N–H and O–H groups in total. The van der Waals surface area contributed by atoms with Gasteiger partial charge in [0.1, 0.15) is 0 Å². The molecule has 5 nitrogen and oxygen atoms in total. The minimum absolute atomic E-state index is 0.743. The maximum Gasteiger partial charge on any atom is 0.0950 e. The fraction of sp³-hybridized carbons (Fsp3) is 0.267. The van der Waals surface area contributed by atoms with Gasteiger partial charge in [-0.25, -0.2) is 0 Å². The van der Waals surface area contributed by atoms with E-state index in [0.717, 1.165) is 35.2 Å². The second kappa shape index (κ2) is 5.28. The summed E-state index contributed by atoms with van der Waals surface area (Å²) in [5, 5.41) is 17.1. The first-order chi connectivity index (χ1) is 9.78. The summed E-state index contributed by atoms with van der Waals surface area (Å²) in [6.45, 7) is 2.86. The van der Waals surface area contributed by atoms with Crippen LogP contribution in [0.2, 0.25) is 0 Å². The summed E-state index contributed by atoms with van der Waals surface area (Å²) >= 11 is 0. The lowest BCUT2D eigenvalue weighted by Crippen LogP contribution is -2.02. The highest BCUT2D eigenvalue weighted by Gasteiger charge is 2.07. The third-order valence-electron chi connectivity index (χ3n) is 3.34. The molecule has 0 aliphatic heterocycles. The van der Waals surface area contributed by atoms with Crippen LogP contribution in [0.3, 0.4) is 0 Å². The highest BCUT2D eigenvalue weighted by atomic mass is 15.3. The molecule has 0 bridgehead atoms. The number of nitrogens with zero attached hydrogens (tertiary/aromatic N) is 4. The Kier molecular flexibility index (Phi) is 3.33. The summed E-state index contributed by atoms with van der Waals surface area (Å²) in [5.74, 6) is 0. The predicted octanol–water partition coefficient (Wildman–Crippen LogP) is 2.54. The number of aryl methyl sites for hydroxylation is 2. The molecule has 0 aliphatic carbocycles. The van der Waals surface area contributed by atoms with Crippen LogP contribution in [0.4, 0.5) is 5.69 Å². The van der Waals surface area contributed by atoms with Gasteiger partial charge < -0.3 is 5.32 Å². The van der Waals surface area contributed by atoms with Gasteiger partial charge in [-0.1, -0.05) is 25.1 Å². The van der Waals surface area contributed by atoms with E-state index in [-0.39, 0.29) is 0 Å². The molecule has 0 fully saturated rings. The molecule has 0 amide bonds. The van der Waals surface area contributed by atoms with E-state index in [4.69, 9.17) is 0 Å². The third kappa shape index (κ3) is 2.34. The van der Waals surface area contributed by atoms with Gasteiger partial charge in [0.15, 0.2) is 0 Å². The number of aromatic nitrogens is 4. The van der Waals surface area contributed by atoms with Crippen LogP contribution in [0.25, 0.3) is 10.9 Å². The van der Waals surface area contributed by atoms with Crippen LogP contribution in [0, 0.1) is 0 Å². The van der Waals surface area contributed by atoms with Gasteiger partial charge in [0.25, 0.3) is 0 Å². The van der Waals surface area contributed by atoms with E-state index in [2.05, 4.69) is 39.8 Å². The number of benzene rings is 1. The molecule has 0 unspecified atom stereocenters. The van der Waals surface area contributed by atoms with Crippen molar-refractivity contribution in [2.24, 2.45) is 7.05 Å². The zero-order valence-electron chi connectivity index (χ0n) is 11.7. The van der Waals surface area contributed by atoms with Gasteiger partial charge in [0.05, 0.1) is 23.1 Å². The van der Waals surface area contributed by atoms with Crippen LogP contribution < -0.4 is 5.32 Å². The van der Waals surface area contributed by atoms with E-state index >= 15 is 0 Å². The Balaban J connectivity index is 1.86. The molecule has 0 saturated carbocycles. The molecule has 2 heterocycles. The zero-order valence-corrected chi connectivity index (χ0v) is 11.7. The SMILES string of the molecule is CCc1nn(C)cc1CNc1cnnc2ccccc12. The highest BCUT2D eigenvalue weighted by molar-refractivity contribution is 5.90. The zero-order chi connectivity index (χ0) is 13.9. The van der Waals surface area contributed by atoms with Gasteiger partial charge in [-0.15, -0.1) is 0 Å². The lowest BCUT2D eigenvalue weighted by Gasteiger charge is -2.08. The lowest BCUT2D eigenvalue weighted by molar-refractivity contribution is 0.746. The van der Waals surface area contributed by atoms with Crippen LogP contribution in [0.5, 0.6) is 0 Å². The van der Waals surface area contributed by atoms with Crippen molar-refractivity contribution < 1.29 is 0 Å². The van der Waals surface area contributed by atoms with Gasteiger partial charge in [-0.05, 0) is 12.5 Å². The van der Waals surface area contributed by atoms with Crippen molar-refractivity contribution in [2.75, 3.05) is 5.32 Å². The van der Waals surface area contributed by atoms with Crippen LogP contribution in [0.15, 0.2) is 36.7 Å². The first kappa shape index (κ1) is 12.6. The molecule has 5 heteroatoms. The Morgan fingerprint density at radius 2 is 2.10 bits per heavy atom. The summed E-state index contributed by atoms with van der Waals surface area (Å²) < 4.78 is 1.86. The number of anilines is 1. The Labute approximate surface area is 117 Å². The average molecular weight is 267 g/mol. The molecule has 3 aromatic rings. The molecular weight excluding hydrogens is 250 g/mol. The van der Waals surface area contributed by atoms with Crippen LogP contribution >= 0.6 is 0 Å². The molecule has 0 atom stereocenters. The standard InChI is InChI=1S/C15H17N5/c1-3-13-11(10-20(2)19-13)8-16-15-9-17-18-14-7-5-4-6-12(14)15/h4-7,9-10H,3,8H2,1-2H3,(H,16,18). The monoisotopic (exact) mass is 267 g/mol. The quantitative estimate of drug-likeness (QED) is 0.789. The predicted molar refractivity (Wildman–Crippen MR) is 79.5 cm³/mol. The molecule has 102 valence electrons. The first-order valence-corrected chi connectivity index (χ1v) is 6.73. The highest BCUT2D eigenvalue weighted by Crippen LogP contribution is 2.20. The minimum atomic E-state index is 0.743. The molecule has 3 rings (SSSR count). The average Bonchev–Trinajstić information content (AvgIpc) is 2.85. The number of hydrogen-bond donors (Lipinski definition) is 1. The second-order valence-electron chi connectivity index (χ2n) is 4.76. The Bertz CT molecular complexity index is 727. The number of hydrogen-bond acceptors (Lipinski definition) is 4. The fourth-order valence-electron chi connectivity index (χ4n) is 2.37. The number of fused-ring (bicyclic) bond motifs is 1. The van der Waals surface area contributed by atoms with Crippen LogP contribution in [-0.4, -0.2) is 20.0 Å². The molecule has 2 aromatic heterocycles. The van der Waals surface area contributed by atoms with E-state index in [1.54, 1.807) is 6.20 Å². The summed E-state index contributed by atoms with van der Waals surface area (Å²) in [6, 6.07) is 8.00. The van der Waals surface area contributed by atoms with Gasteiger partial charge >= 0.3 is 0 Å². The van der Waals surface area contributed by atoms with Crippen molar-refractivity contribution in [1.82, 2.24) is 20.0 Å². The summed E-state index contributed by atoms with van der Waals surface area (Å²) in [5.41, 5.74) is 4.25. The smallest absolute Gasteiger partial charge is 0.0950 e. The summed E-state index contributed by atoms with van der Waals surface area (Å²) in [4.78, 5) is 0. The molecule has 20 heavy (non-hydrogen) atoms. The largest absolute Gasteiger partial charge is 0.379 e. The van der Waals surface area contributed by atoms with E-state index in [9.17, 15) is 0 Å². The van der Waals surface area contributed by atoms with E-state index in [0.29, 0.717) is 0 Å². The first-order valence-electron chi connectivity index (χ1n) is 6.73. The molecule has 0 radical (unpaired) electrons. The maximum atomic E-state index is 4.45. The normalized spacial score (nSPS) is 10.9. The van der Waals surface area contributed by atoms with E-state index in [1.807, 2.05) is 29.9 Å². The van der Waals surface area contributed by atoms with Crippen molar-refractivity contribution in [3.05, 3.63) is 47.9 Å². The molecule has 0 aliphatic rings. The minimum Gasteiger partial charge on any atom is -0.379 e. The van der Waals surface area contributed by atoms with Gasteiger partial charge in [0.2, 0.25) is 0 Å². The van der Waals surface area contributed by atoms with Gasteiger partial charge in [-0.3, -0.25) is 4.68 Å². The third-order valence-corrected chi connectivity index (χ3v) is 3.34. The molecule has 0 spiro atoms. The Hall–Kier alpha value is -2.43. The lowest BCUT2D eigenvalue weighted by atomic mass is 10.2. The van der Waals surface area contributed by atoms with Crippen LogP contribution in [-0.2, 0) is 20.0 Å². The van der Waals surface area contributed by atoms with Crippen molar-refractivity contribution in [3.63, 3.8) is 0 Å². The summed E-state index contributed by atoms with van der Waals surface area (Å²) in [7, 11) is 1.95. The van der Waals surface area contributed by atoms with Gasteiger partial charge in [-0.2, -0.15) is 15.3 Å². The van der Waals surface area contributed by atoms with Crippen molar-refractivity contribution >= 4 is 16.6 Å². The van der Waals surface area contributed by atoms with Gasteiger partial charge in [0, 0.05) is 30.7 Å². The Morgan fingerprint density at radius 3 is 2.95 bits per heavy atom.